The lowest BCUT2D eigenvalue weighted by molar-refractivity contribution is -0.132. The molecule has 1 aromatic carbocycles. The monoisotopic (exact) mass is 444 g/mol. The Labute approximate surface area is 187 Å². The number of hydrogen-bond acceptors (Lipinski definition) is 7. The SMILES string of the molecule is COc1cc2c(c3oc(=O)c(CC(=O)N4CCN(CCO)CC4)c(C)c13)CCC(C)(C)O2. The molecule has 1 saturated heterocycles. The van der Waals surface area contributed by atoms with Crippen molar-refractivity contribution in [2.24, 2.45) is 0 Å². The third-order valence-corrected chi connectivity index (χ3v) is 6.63. The Balaban J connectivity index is 1.67. The average Bonchev–Trinajstić information content (AvgIpc) is 2.75. The third-order valence-electron chi connectivity index (χ3n) is 6.63. The molecule has 3 heterocycles. The van der Waals surface area contributed by atoms with Crippen molar-refractivity contribution in [1.29, 1.82) is 0 Å². The zero-order chi connectivity index (χ0) is 23.0. The number of aliphatic hydroxyl groups excluding tert-OH is 1. The zero-order valence-electron chi connectivity index (χ0n) is 19.3. The fourth-order valence-electron chi connectivity index (χ4n) is 4.67. The quantitative estimate of drug-likeness (QED) is 0.704. The van der Waals surface area contributed by atoms with E-state index in [0.717, 1.165) is 23.8 Å². The van der Waals surface area contributed by atoms with Crippen LogP contribution in [0.5, 0.6) is 11.5 Å². The first kappa shape index (κ1) is 22.6. The summed E-state index contributed by atoms with van der Waals surface area (Å²) in [5.74, 6) is 1.16. The van der Waals surface area contributed by atoms with E-state index in [4.69, 9.17) is 19.0 Å². The molecule has 0 aliphatic carbocycles. The number of aryl methyl sites for hydroxylation is 2. The molecule has 2 aliphatic heterocycles. The highest BCUT2D eigenvalue weighted by molar-refractivity contribution is 5.93. The average molecular weight is 445 g/mol. The van der Waals surface area contributed by atoms with Gasteiger partial charge in [0, 0.05) is 44.4 Å². The van der Waals surface area contributed by atoms with Gasteiger partial charge in [-0.05, 0) is 39.2 Å². The maximum absolute atomic E-state index is 13.0. The molecule has 0 unspecified atom stereocenters. The van der Waals surface area contributed by atoms with Crippen molar-refractivity contribution in [2.75, 3.05) is 46.4 Å². The van der Waals surface area contributed by atoms with E-state index >= 15 is 0 Å². The van der Waals surface area contributed by atoms with Crippen molar-refractivity contribution < 1.29 is 23.8 Å². The topological polar surface area (TPSA) is 92.5 Å². The molecule has 174 valence electrons. The molecule has 0 atom stereocenters. The molecule has 0 radical (unpaired) electrons. The molecular formula is C24H32N2O6. The number of rotatable bonds is 5. The van der Waals surface area contributed by atoms with Gasteiger partial charge in [-0.15, -0.1) is 0 Å². The second kappa shape index (κ2) is 8.75. The van der Waals surface area contributed by atoms with Crippen molar-refractivity contribution in [3.8, 4) is 11.5 Å². The molecule has 2 aromatic rings. The molecule has 8 heteroatoms. The van der Waals surface area contributed by atoms with Crippen LogP contribution < -0.4 is 15.1 Å². The van der Waals surface area contributed by atoms with Crippen LogP contribution in [0.2, 0.25) is 0 Å². The largest absolute Gasteiger partial charge is 0.496 e. The molecule has 1 fully saturated rings. The van der Waals surface area contributed by atoms with Crippen LogP contribution in [0.25, 0.3) is 11.0 Å². The predicted molar refractivity (Wildman–Crippen MR) is 121 cm³/mol. The van der Waals surface area contributed by atoms with Gasteiger partial charge in [0.2, 0.25) is 5.91 Å². The molecule has 0 saturated carbocycles. The fraction of sp³-hybridized carbons (Fsp3) is 0.583. The minimum atomic E-state index is -0.484. The van der Waals surface area contributed by atoms with E-state index < -0.39 is 5.63 Å². The molecular weight excluding hydrogens is 412 g/mol. The molecule has 4 rings (SSSR count). The Morgan fingerprint density at radius 3 is 2.62 bits per heavy atom. The Morgan fingerprint density at radius 1 is 1.25 bits per heavy atom. The number of β-amino-alcohol motifs (C(OH)–C–C–N with tert-alkyl or cyclic N) is 1. The highest BCUT2D eigenvalue weighted by Crippen LogP contribution is 2.43. The zero-order valence-corrected chi connectivity index (χ0v) is 19.3. The standard InChI is InChI=1S/C24H32N2O6/c1-15-17(13-20(28)26-9-7-25(8-10-26)11-12-27)23(29)31-22-16-5-6-24(2,3)32-18(16)14-19(30-4)21(15)22/h14,27H,5-13H2,1-4H3. The maximum Gasteiger partial charge on any atom is 0.340 e. The molecule has 0 spiro atoms. The minimum Gasteiger partial charge on any atom is -0.496 e. The summed E-state index contributed by atoms with van der Waals surface area (Å²) in [6, 6.07) is 1.86. The van der Waals surface area contributed by atoms with Gasteiger partial charge in [0.15, 0.2) is 0 Å². The first-order chi connectivity index (χ1) is 15.2. The van der Waals surface area contributed by atoms with Crippen LogP contribution in [0.4, 0.5) is 0 Å². The van der Waals surface area contributed by atoms with Crippen molar-refractivity contribution in [3.05, 3.63) is 33.2 Å². The smallest absolute Gasteiger partial charge is 0.340 e. The summed E-state index contributed by atoms with van der Waals surface area (Å²) >= 11 is 0. The summed E-state index contributed by atoms with van der Waals surface area (Å²) < 4.78 is 17.6. The van der Waals surface area contributed by atoms with Gasteiger partial charge < -0.3 is 23.9 Å². The molecule has 1 N–H and O–H groups in total. The van der Waals surface area contributed by atoms with Crippen LogP contribution in [0.3, 0.4) is 0 Å². The Kier molecular flexibility index (Phi) is 6.18. The van der Waals surface area contributed by atoms with Crippen molar-refractivity contribution in [1.82, 2.24) is 9.80 Å². The maximum atomic E-state index is 13.0. The van der Waals surface area contributed by atoms with Crippen LogP contribution in [0.15, 0.2) is 15.3 Å². The molecule has 2 aliphatic rings. The summed E-state index contributed by atoms with van der Waals surface area (Å²) in [4.78, 5) is 29.8. The normalized spacial score (nSPS) is 18.3. The van der Waals surface area contributed by atoms with Gasteiger partial charge in [-0.2, -0.15) is 0 Å². The van der Waals surface area contributed by atoms with Gasteiger partial charge in [-0.1, -0.05) is 0 Å². The highest BCUT2D eigenvalue weighted by Gasteiger charge is 2.31. The lowest BCUT2D eigenvalue weighted by Crippen LogP contribution is -2.49. The first-order valence-electron chi connectivity index (χ1n) is 11.2. The van der Waals surface area contributed by atoms with Crippen molar-refractivity contribution in [2.45, 2.75) is 45.6 Å². The van der Waals surface area contributed by atoms with E-state index in [1.807, 2.05) is 26.8 Å². The summed E-state index contributed by atoms with van der Waals surface area (Å²) in [6.45, 7) is 9.24. The number of carbonyl (C=O) groups is 1. The number of methoxy groups -OCH3 is 1. The Hall–Kier alpha value is -2.58. The van der Waals surface area contributed by atoms with E-state index in [2.05, 4.69) is 4.90 Å². The van der Waals surface area contributed by atoms with E-state index in [1.165, 1.54) is 0 Å². The van der Waals surface area contributed by atoms with Gasteiger partial charge >= 0.3 is 5.63 Å². The van der Waals surface area contributed by atoms with Crippen LogP contribution in [-0.4, -0.2) is 72.9 Å². The molecule has 1 aromatic heterocycles. The second-order valence-electron chi connectivity index (χ2n) is 9.24. The number of piperazine rings is 1. The number of aliphatic hydroxyl groups is 1. The van der Waals surface area contributed by atoms with Crippen LogP contribution in [0.1, 0.15) is 37.0 Å². The van der Waals surface area contributed by atoms with E-state index in [1.54, 1.807) is 12.0 Å². The van der Waals surface area contributed by atoms with E-state index in [9.17, 15) is 9.59 Å². The number of ether oxygens (including phenoxy) is 2. The Bertz CT molecular complexity index is 1080. The van der Waals surface area contributed by atoms with Crippen LogP contribution in [0, 0.1) is 6.92 Å². The Morgan fingerprint density at radius 2 is 1.97 bits per heavy atom. The van der Waals surface area contributed by atoms with Crippen molar-refractivity contribution >= 4 is 16.9 Å². The lowest BCUT2D eigenvalue weighted by atomic mass is 9.91. The highest BCUT2D eigenvalue weighted by atomic mass is 16.5. The summed E-state index contributed by atoms with van der Waals surface area (Å²) in [6.07, 6.45) is 1.54. The molecule has 32 heavy (non-hydrogen) atoms. The summed E-state index contributed by atoms with van der Waals surface area (Å²) in [5.41, 5.74) is 1.67. The first-order valence-corrected chi connectivity index (χ1v) is 11.2. The molecule has 1 amide bonds. The summed E-state index contributed by atoms with van der Waals surface area (Å²) in [7, 11) is 1.58. The van der Waals surface area contributed by atoms with Crippen LogP contribution >= 0.6 is 0 Å². The van der Waals surface area contributed by atoms with Gasteiger partial charge in [0.05, 0.1) is 31.1 Å². The number of carbonyl (C=O) groups excluding carboxylic acids is 1. The lowest BCUT2D eigenvalue weighted by Gasteiger charge is -2.34. The predicted octanol–water partition coefficient (Wildman–Crippen LogP) is 1.89. The number of nitrogens with zero attached hydrogens (tertiary/aromatic N) is 2. The van der Waals surface area contributed by atoms with Crippen LogP contribution in [-0.2, 0) is 17.6 Å². The number of fused-ring (bicyclic) bond motifs is 3. The van der Waals surface area contributed by atoms with Crippen molar-refractivity contribution in [3.63, 3.8) is 0 Å². The van der Waals surface area contributed by atoms with E-state index in [-0.39, 0.29) is 24.5 Å². The number of amides is 1. The van der Waals surface area contributed by atoms with E-state index in [0.29, 0.717) is 60.9 Å². The number of hydrogen-bond donors (Lipinski definition) is 1. The van der Waals surface area contributed by atoms with Gasteiger partial charge in [0.1, 0.15) is 22.7 Å². The van der Waals surface area contributed by atoms with Gasteiger partial charge in [-0.25, -0.2) is 4.79 Å². The third kappa shape index (κ3) is 4.21. The second-order valence-corrected chi connectivity index (χ2v) is 9.24. The fourth-order valence-corrected chi connectivity index (χ4v) is 4.67. The minimum absolute atomic E-state index is 0.00607. The molecule has 8 nitrogen and oxygen atoms in total. The summed E-state index contributed by atoms with van der Waals surface area (Å²) in [5, 5.41) is 9.82. The molecule has 0 bridgehead atoms. The number of benzene rings is 1. The van der Waals surface area contributed by atoms with Gasteiger partial charge in [0.25, 0.3) is 0 Å². The van der Waals surface area contributed by atoms with Gasteiger partial charge in [-0.3, -0.25) is 9.69 Å².